The molecule has 2 aromatic carbocycles. The van der Waals surface area contributed by atoms with Crippen LogP contribution >= 0.6 is 11.6 Å². The lowest BCUT2D eigenvalue weighted by Gasteiger charge is -2.30. The van der Waals surface area contributed by atoms with Crippen molar-refractivity contribution < 1.29 is 0 Å². The number of benzene rings is 2. The molecular weight excluding hydrogens is 278 g/mol. The first-order valence-electron chi connectivity index (χ1n) is 7.57. The Hall–Kier alpha value is -1.31. The molecule has 2 heteroatoms. The van der Waals surface area contributed by atoms with E-state index in [9.17, 15) is 0 Å². The fourth-order valence-electron chi connectivity index (χ4n) is 3.00. The lowest BCUT2D eigenvalue weighted by molar-refractivity contribution is 0.555. The number of halogens is 1. The van der Waals surface area contributed by atoms with E-state index in [2.05, 4.69) is 56.4 Å². The van der Waals surface area contributed by atoms with E-state index in [0.717, 1.165) is 18.0 Å². The number of hydrogen-bond donors (Lipinski definition) is 1. The van der Waals surface area contributed by atoms with Crippen molar-refractivity contribution in [2.45, 2.75) is 38.6 Å². The molecule has 0 bridgehead atoms. The molecule has 0 fully saturated rings. The van der Waals surface area contributed by atoms with Gasteiger partial charge in [0, 0.05) is 11.6 Å². The minimum absolute atomic E-state index is 0.172. The molecule has 1 atom stereocenters. The Bertz CT molecular complexity index is 655. The highest BCUT2D eigenvalue weighted by Gasteiger charge is 2.24. The van der Waals surface area contributed by atoms with Crippen LogP contribution in [0.5, 0.6) is 0 Å². The van der Waals surface area contributed by atoms with Crippen LogP contribution in [0.15, 0.2) is 42.5 Å². The summed E-state index contributed by atoms with van der Waals surface area (Å²) in [7, 11) is 0. The van der Waals surface area contributed by atoms with Crippen molar-refractivity contribution in [1.82, 2.24) is 5.32 Å². The van der Waals surface area contributed by atoms with E-state index in [1.165, 1.54) is 22.3 Å². The molecular formula is C19H22ClN. The van der Waals surface area contributed by atoms with Crippen molar-refractivity contribution in [3.63, 3.8) is 0 Å². The third-order valence-electron chi connectivity index (χ3n) is 4.25. The topological polar surface area (TPSA) is 12.0 Å². The summed E-state index contributed by atoms with van der Waals surface area (Å²) in [4.78, 5) is 0. The van der Waals surface area contributed by atoms with Gasteiger partial charge in [-0.2, -0.15) is 0 Å². The molecule has 0 spiro atoms. The average molecular weight is 300 g/mol. The molecule has 1 unspecified atom stereocenters. The van der Waals surface area contributed by atoms with Gasteiger partial charge < -0.3 is 5.32 Å². The second kappa shape index (κ2) is 5.47. The van der Waals surface area contributed by atoms with Gasteiger partial charge >= 0.3 is 0 Å². The number of hydrogen-bond acceptors (Lipinski definition) is 1. The van der Waals surface area contributed by atoms with Gasteiger partial charge in [0.2, 0.25) is 0 Å². The lowest BCUT2D eigenvalue weighted by Crippen LogP contribution is -2.31. The largest absolute Gasteiger partial charge is 0.306 e. The predicted octanol–water partition coefficient (Wildman–Crippen LogP) is 4.87. The summed E-state index contributed by atoms with van der Waals surface area (Å²) in [6, 6.07) is 15.4. The van der Waals surface area contributed by atoms with Crippen LogP contribution in [0, 0.1) is 0 Å². The summed E-state index contributed by atoms with van der Waals surface area (Å²) in [6.07, 6.45) is 1.09. The third-order valence-corrected chi connectivity index (χ3v) is 4.48. The van der Waals surface area contributed by atoms with Crippen molar-refractivity contribution in [3.8, 4) is 0 Å². The van der Waals surface area contributed by atoms with Crippen LogP contribution in [0.4, 0.5) is 0 Å². The molecule has 1 heterocycles. The first-order valence-corrected chi connectivity index (χ1v) is 7.95. The van der Waals surface area contributed by atoms with Crippen LogP contribution in [-0.2, 0) is 11.8 Å². The normalized spacial score (nSPS) is 18.4. The monoisotopic (exact) mass is 299 g/mol. The molecule has 2 aromatic rings. The van der Waals surface area contributed by atoms with Crippen LogP contribution in [-0.4, -0.2) is 6.54 Å². The standard InChI is InChI=1S/C19H22ClN/c1-19(2,3)15-8-7-13-9-10-21-18(17(13)12-15)14-5-4-6-16(20)11-14/h4-8,11-12,18,21H,9-10H2,1-3H3. The van der Waals surface area contributed by atoms with Gasteiger partial charge in [-0.3, -0.25) is 0 Å². The van der Waals surface area contributed by atoms with Gasteiger partial charge in [-0.15, -0.1) is 0 Å². The Kier molecular flexibility index (Phi) is 3.81. The average Bonchev–Trinajstić information content (AvgIpc) is 2.45. The van der Waals surface area contributed by atoms with Crippen LogP contribution < -0.4 is 5.32 Å². The fourth-order valence-corrected chi connectivity index (χ4v) is 3.20. The highest BCUT2D eigenvalue weighted by Crippen LogP contribution is 2.33. The second-order valence-corrected chi connectivity index (χ2v) is 7.29. The second-order valence-electron chi connectivity index (χ2n) is 6.86. The van der Waals surface area contributed by atoms with E-state index in [-0.39, 0.29) is 11.5 Å². The quantitative estimate of drug-likeness (QED) is 0.792. The summed E-state index contributed by atoms with van der Waals surface area (Å²) in [5, 5.41) is 4.44. The minimum Gasteiger partial charge on any atom is -0.306 e. The number of rotatable bonds is 1. The van der Waals surface area contributed by atoms with Gasteiger partial charge in [0.15, 0.2) is 0 Å². The summed E-state index contributed by atoms with van der Waals surface area (Å²) < 4.78 is 0. The van der Waals surface area contributed by atoms with E-state index < -0.39 is 0 Å². The molecule has 1 N–H and O–H groups in total. The Labute approximate surface area is 132 Å². The molecule has 110 valence electrons. The fraction of sp³-hybridized carbons (Fsp3) is 0.368. The molecule has 1 aliphatic heterocycles. The zero-order valence-electron chi connectivity index (χ0n) is 12.9. The Morgan fingerprint density at radius 3 is 2.62 bits per heavy atom. The van der Waals surface area contributed by atoms with Crippen LogP contribution in [0.1, 0.15) is 49.1 Å². The summed E-state index contributed by atoms with van der Waals surface area (Å²) in [6.45, 7) is 7.80. The van der Waals surface area contributed by atoms with E-state index in [4.69, 9.17) is 11.6 Å². The molecule has 0 aliphatic carbocycles. The SMILES string of the molecule is CC(C)(C)c1ccc2c(c1)C(c1cccc(Cl)c1)NCC2. The summed E-state index contributed by atoms with van der Waals surface area (Å²) >= 11 is 6.17. The van der Waals surface area contributed by atoms with Crippen molar-refractivity contribution in [2.75, 3.05) is 6.54 Å². The minimum atomic E-state index is 0.172. The Morgan fingerprint density at radius 1 is 1.10 bits per heavy atom. The van der Waals surface area contributed by atoms with Crippen molar-refractivity contribution in [1.29, 1.82) is 0 Å². The molecule has 3 rings (SSSR count). The van der Waals surface area contributed by atoms with Gasteiger partial charge in [-0.05, 0) is 46.2 Å². The van der Waals surface area contributed by atoms with Gasteiger partial charge in [0.1, 0.15) is 0 Å². The first-order chi connectivity index (χ1) is 9.95. The van der Waals surface area contributed by atoms with Crippen LogP contribution in [0.3, 0.4) is 0 Å². The number of nitrogens with one attached hydrogen (secondary N) is 1. The Balaban J connectivity index is 2.08. The third kappa shape index (κ3) is 3.00. The van der Waals surface area contributed by atoms with Crippen molar-refractivity contribution in [2.24, 2.45) is 0 Å². The summed E-state index contributed by atoms with van der Waals surface area (Å²) in [5.74, 6) is 0. The predicted molar refractivity (Wildman–Crippen MR) is 90.1 cm³/mol. The molecule has 0 radical (unpaired) electrons. The van der Waals surface area contributed by atoms with Crippen LogP contribution in [0.2, 0.25) is 5.02 Å². The lowest BCUT2D eigenvalue weighted by atomic mass is 9.81. The van der Waals surface area contributed by atoms with E-state index in [0.29, 0.717) is 0 Å². The molecule has 1 aliphatic rings. The molecule has 0 amide bonds. The van der Waals surface area contributed by atoms with Gasteiger partial charge in [-0.1, -0.05) is 62.7 Å². The maximum absolute atomic E-state index is 6.17. The van der Waals surface area contributed by atoms with E-state index in [1.54, 1.807) is 0 Å². The first kappa shape index (κ1) is 14.6. The summed E-state index contributed by atoms with van der Waals surface area (Å²) in [5.41, 5.74) is 5.65. The molecule has 0 saturated carbocycles. The highest BCUT2D eigenvalue weighted by molar-refractivity contribution is 6.30. The zero-order chi connectivity index (χ0) is 15.0. The van der Waals surface area contributed by atoms with Crippen LogP contribution in [0.25, 0.3) is 0 Å². The Morgan fingerprint density at radius 2 is 1.90 bits per heavy atom. The zero-order valence-corrected chi connectivity index (χ0v) is 13.7. The molecule has 1 nitrogen and oxygen atoms in total. The van der Waals surface area contributed by atoms with Gasteiger partial charge in [-0.25, -0.2) is 0 Å². The molecule has 0 saturated heterocycles. The van der Waals surface area contributed by atoms with E-state index >= 15 is 0 Å². The van der Waals surface area contributed by atoms with Crippen molar-refractivity contribution in [3.05, 3.63) is 69.7 Å². The highest BCUT2D eigenvalue weighted by atomic mass is 35.5. The maximum atomic E-state index is 6.17. The van der Waals surface area contributed by atoms with Gasteiger partial charge in [0.05, 0.1) is 6.04 Å². The van der Waals surface area contributed by atoms with Crippen molar-refractivity contribution >= 4 is 11.6 Å². The van der Waals surface area contributed by atoms with E-state index in [1.807, 2.05) is 12.1 Å². The maximum Gasteiger partial charge on any atom is 0.0580 e. The van der Waals surface area contributed by atoms with Gasteiger partial charge in [0.25, 0.3) is 0 Å². The molecule has 21 heavy (non-hydrogen) atoms. The number of fused-ring (bicyclic) bond motifs is 1. The smallest absolute Gasteiger partial charge is 0.0580 e. The molecule has 0 aromatic heterocycles.